The minimum Gasteiger partial charge on any atom is -0.497 e. The second-order valence-corrected chi connectivity index (χ2v) is 6.86. The molecule has 0 aliphatic heterocycles. The fourth-order valence-corrected chi connectivity index (χ4v) is 3.11. The van der Waals surface area contributed by atoms with Gasteiger partial charge in [0.2, 0.25) is 11.8 Å². The summed E-state index contributed by atoms with van der Waals surface area (Å²) in [7, 11) is 2.73. The molecule has 3 aromatic rings. The molecule has 0 aliphatic rings. The number of nitrogens with one attached hydrogen (secondary N) is 1. The van der Waals surface area contributed by atoms with Crippen molar-refractivity contribution in [2.75, 3.05) is 20.0 Å². The Hall–Kier alpha value is -3.40. The maximum atomic E-state index is 14.0. The van der Waals surface area contributed by atoms with Crippen molar-refractivity contribution in [3.8, 4) is 17.2 Å². The second-order valence-electron chi connectivity index (χ2n) is 5.94. The highest BCUT2D eigenvalue weighted by molar-refractivity contribution is 7.99. The zero-order valence-corrected chi connectivity index (χ0v) is 16.9. The number of esters is 1. The Kier molecular flexibility index (Phi) is 7.02. The van der Waals surface area contributed by atoms with Crippen LogP contribution in [0.15, 0.2) is 58.2 Å². The molecule has 0 aliphatic carbocycles. The normalized spacial score (nSPS) is 11.6. The number of hydrogen-bond donors (Lipinski definition) is 1. The fraction of sp³-hybridized carbons (Fsp3) is 0.200. The lowest BCUT2D eigenvalue weighted by Crippen LogP contribution is -2.36. The first-order chi connectivity index (χ1) is 14.5. The van der Waals surface area contributed by atoms with Crippen LogP contribution >= 0.6 is 11.8 Å². The molecule has 0 unspecified atom stereocenters. The quantitative estimate of drug-likeness (QED) is 0.429. The van der Waals surface area contributed by atoms with E-state index >= 15 is 0 Å². The molecule has 0 saturated carbocycles. The monoisotopic (exact) mass is 431 g/mol. The molecular weight excluding hydrogens is 413 g/mol. The van der Waals surface area contributed by atoms with E-state index in [-0.39, 0.29) is 16.5 Å². The first-order valence-corrected chi connectivity index (χ1v) is 9.72. The van der Waals surface area contributed by atoms with Crippen molar-refractivity contribution in [2.45, 2.75) is 11.3 Å². The van der Waals surface area contributed by atoms with Gasteiger partial charge in [0.1, 0.15) is 11.6 Å². The first kappa shape index (κ1) is 21.3. The molecule has 1 amide bonds. The Morgan fingerprint density at radius 3 is 2.53 bits per heavy atom. The number of nitrogens with zero attached hydrogens (tertiary/aromatic N) is 2. The maximum absolute atomic E-state index is 14.0. The first-order valence-electron chi connectivity index (χ1n) is 8.74. The molecule has 30 heavy (non-hydrogen) atoms. The van der Waals surface area contributed by atoms with E-state index < -0.39 is 23.7 Å². The lowest BCUT2D eigenvalue weighted by atomic mass is 10.1. The standard InChI is InChI=1S/C20H18FN3O5S/c1-27-13-9-7-12(8-10-13)18-23-24-20(29-18)30-11-16(25)22-17(19(26)28-2)14-5-3-4-6-15(14)21/h3-10,17H,11H2,1-2H3,(H,22,25)/t17-/m1/s1. The van der Waals surface area contributed by atoms with Gasteiger partial charge in [-0.05, 0) is 30.3 Å². The van der Waals surface area contributed by atoms with Gasteiger partial charge in [-0.25, -0.2) is 9.18 Å². The average Bonchev–Trinajstić information content (AvgIpc) is 3.25. The number of methoxy groups -OCH3 is 2. The molecule has 1 atom stereocenters. The number of ether oxygens (including phenoxy) is 2. The van der Waals surface area contributed by atoms with E-state index in [1.165, 1.54) is 18.2 Å². The van der Waals surface area contributed by atoms with Crippen LogP contribution in [0.5, 0.6) is 5.75 Å². The van der Waals surface area contributed by atoms with E-state index in [0.29, 0.717) is 17.2 Å². The van der Waals surface area contributed by atoms with Gasteiger partial charge in [-0.2, -0.15) is 0 Å². The second kappa shape index (κ2) is 9.88. The molecular formula is C20H18FN3O5S. The Morgan fingerprint density at radius 1 is 1.13 bits per heavy atom. The molecule has 10 heteroatoms. The third-order valence-electron chi connectivity index (χ3n) is 4.03. The molecule has 1 N–H and O–H groups in total. The van der Waals surface area contributed by atoms with Crippen LogP contribution < -0.4 is 10.1 Å². The van der Waals surface area contributed by atoms with Crippen molar-refractivity contribution in [2.24, 2.45) is 0 Å². The van der Waals surface area contributed by atoms with Crippen LogP contribution in [-0.2, 0) is 14.3 Å². The van der Waals surface area contributed by atoms with Gasteiger partial charge in [-0.1, -0.05) is 30.0 Å². The Morgan fingerprint density at radius 2 is 1.87 bits per heavy atom. The Labute approximate surface area is 175 Å². The third kappa shape index (κ3) is 5.15. The SMILES string of the molecule is COC(=O)[C@H](NC(=O)CSc1nnc(-c2ccc(OC)cc2)o1)c1ccccc1F. The zero-order chi connectivity index (χ0) is 21.5. The molecule has 3 rings (SSSR count). The van der Waals surface area contributed by atoms with Crippen molar-refractivity contribution in [3.63, 3.8) is 0 Å². The number of halogens is 1. The summed E-state index contributed by atoms with van der Waals surface area (Å²) in [6, 6.07) is 11.4. The van der Waals surface area contributed by atoms with Crippen LogP contribution in [0, 0.1) is 5.82 Å². The number of rotatable bonds is 8. The van der Waals surface area contributed by atoms with Gasteiger partial charge >= 0.3 is 5.97 Å². The number of aromatic nitrogens is 2. The van der Waals surface area contributed by atoms with Gasteiger partial charge < -0.3 is 19.2 Å². The summed E-state index contributed by atoms with van der Waals surface area (Å²) in [5, 5.41) is 10.5. The zero-order valence-electron chi connectivity index (χ0n) is 16.1. The minimum atomic E-state index is -1.26. The van der Waals surface area contributed by atoms with Gasteiger partial charge in [0, 0.05) is 11.1 Å². The van der Waals surface area contributed by atoms with Gasteiger partial charge in [0.25, 0.3) is 5.22 Å². The lowest BCUT2D eigenvalue weighted by molar-refractivity contribution is -0.145. The molecule has 8 nitrogen and oxygen atoms in total. The number of benzene rings is 2. The minimum absolute atomic E-state index is 0.0160. The van der Waals surface area contributed by atoms with Crippen molar-refractivity contribution in [1.29, 1.82) is 0 Å². The Bertz CT molecular complexity index is 1030. The van der Waals surface area contributed by atoms with Crippen molar-refractivity contribution in [3.05, 3.63) is 59.9 Å². The van der Waals surface area contributed by atoms with Crippen LogP contribution in [0.2, 0.25) is 0 Å². The summed E-state index contributed by atoms with van der Waals surface area (Å²) in [6.45, 7) is 0. The molecule has 0 saturated heterocycles. The van der Waals surface area contributed by atoms with Crippen LogP contribution in [-0.4, -0.2) is 42.0 Å². The summed E-state index contributed by atoms with van der Waals surface area (Å²) in [6.07, 6.45) is 0. The highest BCUT2D eigenvalue weighted by atomic mass is 32.2. The van der Waals surface area contributed by atoms with Gasteiger partial charge in [0.05, 0.1) is 20.0 Å². The highest BCUT2D eigenvalue weighted by Gasteiger charge is 2.26. The van der Waals surface area contributed by atoms with E-state index in [1.54, 1.807) is 37.4 Å². The summed E-state index contributed by atoms with van der Waals surface area (Å²) < 4.78 is 29.4. The number of carbonyl (C=O) groups is 2. The van der Waals surface area contributed by atoms with Gasteiger partial charge in [0.15, 0.2) is 6.04 Å². The summed E-state index contributed by atoms with van der Waals surface area (Å²) >= 11 is 0.989. The largest absolute Gasteiger partial charge is 0.497 e. The Balaban J connectivity index is 1.62. The van der Waals surface area contributed by atoms with Crippen LogP contribution in [0.1, 0.15) is 11.6 Å². The number of carbonyl (C=O) groups excluding carboxylic acids is 2. The number of amides is 1. The van der Waals surface area contributed by atoms with E-state index in [2.05, 4.69) is 20.3 Å². The summed E-state index contributed by atoms with van der Waals surface area (Å²) in [5.74, 6) is -1.06. The molecule has 0 spiro atoms. The molecule has 1 heterocycles. The summed E-state index contributed by atoms with van der Waals surface area (Å²) in [5.41, 5.74) is 0.715. The molecule has 0 radical (unpaired) electrons. The predicted octanol–water partition coefficient (Wildman–Crippen LogP) is 3.01. The molecule has 0 bridgehead atoms. The maximum Gasteiger partial charge on any atom is 0.333 e. The van der Waals surface area contributed by atoms with E-state index in [9.17, 15) is 14.0 Å². The summed E-state index contributed by atoms with van der Waals surface area (Å²) in [4.78, 5) is 24.3. The predicted molar refractivity (Wildman–Crippen MR) is 106 cm³/mol. The molecule has 2 aromatic carbocycles. The van der Waals surface area contributed by atoms with Crippen molar-refractivity contribution < 1.29 is 27.9 Å². The van der Waals surface area contributed by atoms with E-state index in [4.69, 9.17) is 9.15 Å². The number of thioether (sulfide) groups is 1. The van der Waals surface area contributed by atoms with Gasteiger partial charge in [-0.3, -0.25) is 4.79 Å². The third-order valence-corrected chi connectivity index (χ3v) is 4.85. The molecule has 156 valence electrons. The topological polar surface area (TPSA) is 104 Å². The van der Waals surface area contributed by atoms with Crippen LogP contribution in [0.25, 0.3) is 11.5 Å². The molecule has 0 fully saturated rings. The smallest absolute Gasteiger partial charge is 0.333 e. The van der Waals surface area contributed by atoms with Crippen LogP contribution in [0.3, 0.4) is 0 Å². The number of hydrogen-bond acceptors (Lipinski definition) is 8. The van der Waals surface area contributed by atoms with Crippen molar-refractivity contribution in [1.82, 2.24) is 15.5 Å². The lowest BCUT2D eigenvalue weighted by Gasteiger charge is -2.17. The van der Waals surface area contributed by atoms with E-state index in [1.807, 2.05) is 0 Å². The van der Waals surface area contributed by atoms with Crippen LogP contribution in [0.4, 0.5) is 4.39 Å². The molecule has 1 aromatic heterocycles. The average molecular weight is 431 g/mol. The fourth-order valence-electron chi connectivity index (χ4n) is 2.54. The van der Waals surface area contributed by atoms with Gasteiger partial charge in [-0.15, -0.1) is 10.2 Å². The highest BCUT2D eigenvalue weighted by Crippen LogP contribution is 2.25. The van der Waals surface area contributed by atoms with E-state index in [0.717, 1.165) is 18.9 Å². The van der Waals surface area contributed by atoms with Crippen molar-refractivity contribution >= 4 is 23.6 Å².